The highest BCUT2D eigenvalue weighted by Gasteiger charge is 2.35. The molecule has 2 aliphatic rings. The average Bonchev–Trinajstić information content (AvgIpc) is 2.90. The molecular formula is C18H22N2O4. The first-order valence-corrected chi connectivity index (χ1v) is 8.49. The molecule has 3 N–H and O–H groups in total. The number of carbonyl (C=O) groups excluding carboxylic acids is 2. The van der Waals surface area contributed by atoms with Crippen molar-refractivity contribution in [2.45, 2.75) is 50.5 Å². The Kier molecular flexibility index (Phi) is 4.83. The first kappa shape index (κ1) is 16.5. The van der Waals surface area contributed by atoms with Crippen molar-refractivity contribution in [3.8, 4) is 0 Å². The Morgan fingerprint density at radius 3 is 2.62 bits per heavy atom. The lowest BCUT2D eigenvalue weighted by Crippen LogP contribution is -2.45. The molecule has 0 bridgehead atoms. The molecule has 6 nitrogen and oxygen atoms in total. The second kappa shape index (κ2) is 7.03. The topological polar surface area (TPSA) is 95.5 Å². The molecule has 128 valence electrons. The summed E-state index contributed by atoms with van der Waals surface area (Å²) in [5.41, 5.74) is 1.51. The number of carboxylic acid groups (broad SMARTS) is 1. The first-order valence-electron chi connectivity index (χ1n) is 8.49. The number of hydrogen-bond acceptors (Lipinski definition) is 3. The molecule has 2 amide bonds. The third kappa shape index (κ3) is 3.42. The Labute approximate surface area is 140 Å². The third-order valence-corrected chi connectivity index (χ3v) is 4.97. The smallest absolute Gasteiger partial charge is 0.326 e. The summed E-state index contributed by atoms with van der Waals surface area (Å²) in [4.78, 5) is 36.1. The van der Waals surface area contributed by atoms with E-state index in [1.807, 2.05) is 18.2 Å². The summed E-state index contributed by atoms with van der Waals surface area (Å²) in [6.45, 7) is 0. The van der Waals surface area contributed by atoms with Gasteiger partial charge in [-0.15, -0.1) is 0 Å². The van der Waals surface area contributed by atoms with Crippen LogP contribution in [0.4, 0.5) is 5.69 Å². The van der Waals surface area contributed by atoms with Crippen molar-refractivity contribution in [2.24, 2.45) is 5.92 Å². The van der Waals surface area contributed by atoms with Gasteiger partial charge in [-0.1, -0.05) is 37.5 Å². The molecule has 0 spiro atoms. The van der Waals surface area contributed by atoms with Crippen LogP contribution in [0.15, 0.2) is 24.3 Å². The van der Waals surface area contributed by atoms with Gasteiger partial charge in [0.15, 0.2) is 0 Å². The van der Waals surface area contributed by atoms with Gasteiger partial charge >= 0.3 is 5.97 Å². The number of para-hydroxylation sites is 1. The van der Waals surface area contributed by atoms with Crippen LogP contribution in [0.3, 0.4) is 0 Å². The van der Waals surface area contributed by atoms with Crippen molar-refractivity contribution in [2.75, 3.05) is 5.32 Å². The highest BCUT2D eigenvalue weighted by atomic mass is 16.4. The normalized spacial score (nSPS) is 21.7. The maximum absolute atomic E-state index is 12.3. The quantitative estimate of drug-likeness (QED) is 0.771. The summed E-state index contributed by atoms with van der Waals surface area (Å²) >= 11 is 0. The van der Waals surface area contributed by atoms with Crippen LogP contribution in [-0.2, 0) is 14.4 Å². The van der Waals surface area contributed by atoms with E-state index in [4.69, 9.17) is 0 Å². The zero-order valence-corrected chi connectivity index (χ0v) is 13.5. The predicted octanol–water partition coefficient (Wildman–Crippen LogP) is 2.26. The van der Waals surface area contributed by atoms with Crippen molar-refractivity contribution in [3.05, 3.63) is 29.8 Å². The van der Waals surface area contributed by atoms with Crippen LogP contribution >= 0.6 is 0 Å². The van der Waals surface area contributed by atoms with E-state index in [0.29, 0.717) is 0 Å². The number of carbonyl (C=O) groups is 3. The monoisotopic (exact) mass is 330 g/mol. The molecule has 1 fully saturated rings. The maximum Gasteiger partial charge on any atom is 0.326 e. The highest BCUT2D eigenvalue weighted by molar-refractivity contribution is 6.03. The molecule has 6 heteroatoms. The third-order valence-electron chi connectivity index (χ3n) is 4.97. The molecule has 1 heterocycles. The van der Waals surface area contributed by atoms with Crippen LogP contribution in [0.2, 0.25) is 0 Å². The van der Waals surface area contributed by atoms with Crippen LogP contribution in [0.1, 0.15) is 50.0 Å². The number of fused-ring (bicyclic) bond motifs is 1. The minimum absolute atomic E-state index is 0.0661. The molecule has 3 rings (SSSR count). The lowest BCUT2D eigenvalue weighted by Gasteiger charge is -2.24. The Bertz CT molecular complexity index is 652. The molecule has 1 aliphatic carbocycles. The van der Waals surface area contributed by atoms with Gasteiger partial charge in [-0.3, -0.25) is 9.59 Å². The van der Waals surface area contributed by atoms with Crippen molar-refractivity contribution in [1.82, 2.24) is 5.32 Å². The molecule has 1 aromatic rings. The molecule has 2 unspecified atom stereocenters. The number of amides is 2. The summed E-state index contributed by atoms with van der Waals surface area (Å²) in [6, 6.07) is 6.20. The summed E-state index contributed by atoms with van der Waals surface area (Å²) in [6.07, 6.45) is 4.83. The molecule has 0 aromatic heterocycles. The van der Waals surface area contributed by atoms with Gasteiger partial charge < -0.3 is 15.7 Å². The van der Waals surface area contributed by atoms with Gasteiger partial charge in [0.2, 0.25) is 11.8 Å². The second-order valence-corrected chi connectivity index (χ2v) is 6.60. The van der Waals surface area contributed by atoms with Crippen LogP contribution in [0, 0.1) is 5.92 Å². The second-order valence-electron chi connectivity index (χ2n) is 6.60. The van der Waals surface area contributed by atoms with Gasteiger partial charge in [0, 0.05) is 11.6 Å². The molecular weight excluding hydrogens is 308 g/mol. The van der Waals surface area contributed by atoms with E-state index in [9.17, 15) is 19.5 Å². The molecule has 1 saturated carbocycles. The van der Waals surface area contributed by atoms with E-state index in [1.54, 1.807) is 6.07 Å². The summed E-state index contributed by atoms with van der Waals surface area (Å²) in [5, 5.41) is 14.9. The highest BCUT2D eigenvalue weighted by Crippen LogP contribution is 2.35. The molecule has 2 atom stereocenters. The molecule has 1 aliphatic heterocycles. The van der Waals surface area contributed by atoms with Gasteiger partial charge in [-0.25, -0.2) is 4.79 Å². The zero-order chi connectivity index (χ0) is 17.1. The van der Waals surface area contributed by atoms with E-state index >= 15 is 0 Å². The number of rotatable bonds is 5. The zero-order valence-electron chi connectivity index (χ0n) is 13.5. The number of hydrogen-bond donors (Lipinski definition) is 3. The van der Waals surface area contributed by atoms with E-state index in [1.165, 1.54) is 0 Å². The standard InChI is InChI=1S/C18H22N2O4/c21-16(11-6-2-1-3-7-11)20-15(18(23)24)10-13-12-8-4-5-9-14(12)19-17(13)22/h4-5,8-9,11,13,15H,1-3,6-7,10H2,(H,19,22)(H,20,21)(H,23,24). The predicted molar refractivity (Wildman–Crippen MR) is 88.6 cm³/mol. The van der Waals surface area contributed by atoms with E-state index < -0.39 is 17.9 Å². The fourth-order valence-electron chi connectivity index (χ4n) is 3.62. The van der Waals surface area contributed by atoms with E-state index in [0.717, 1.165) is 43.4 Å². The van der Waals surface area contributed by atoms with E-state index in [2.05, 4.69) is 10.6 Å². The SMILES string of the molecule is O=C(NC(CC1C(=O)Nc2ccccc21)C(=O)O)C1CCCCC1. The molecule has 24 heavy (non-hydrogen) atoms. The molecule has 0 radical (unpaired) electrons. The van der Waals surface area contributed by atoms with Crippen LogP contribution in [0.5, 0.6) is 0 Å². The molecule has 1 aromatic carbocycles. The minimum Gasteiger partial charge on any atom is -0.480 e. The van der Waals surface area contributed by atoms with E-state index in [-0.39, 0.29) is 24.2 Å². The number of carboxylic acids is 1. The van der Waals surface area contributed by atoms with Crippen LogP contribution < -0.4 is 10.6 Å². The van der Waals surface area contributed by atoms with Crippen molar-refractivity contribution >= 4 is 23.5 Å². The maximum atomic E-state index is 12.3. The van der Waals surface area contributed by atoms with Gasteiger partial charge in [-0.2, -0.15) is 0 Å². The lowest BCUT2D eigenvalue weighted by molar-refractivity contribution is -0.143. The number of aliphatic carboxylic acids is 1. The van der Waals surface area contributed by atoms with Crippen molar-refractivity contribution in [3.63, 3.8) is 0 Å². The van der Waals surface area contributed by atoms with Gasteiger partial charge in [0.05, 0.1) is 5.92 Å². The van der Waals surface area contributed by atoms with Gasteiger partial charge in [0.25, 0.3) is 0 Å². The first-order chi connectivity index (χ1) is 11.6. The summed E-state index contributed by atoms with van der Waals surface area (Å²) < 4.78 is 0. The Hall–Kier alpha value is -2.37. The Morgan fingerprint density at radius 1 is 1.21 bits per heavy atom. The van der Waals surface area contributed by atoms with Crippen LogP contribution in [0.25, 0.3) is 0 Å². The largest absolute Gasteiger partial charge is 0.480 e. The van der Waals surface area contributed by atoms with Gasteiger partial charge in [0.1, 0.15) is 6.04 Å². The Balaban J connectivity index is 1.69. The van der Waals surface area contributed by atoms with Crippen molar-refractivity contribution in [1.29, 1.82) is 0 Å². The molecule has 0 saturated heterocycles. The fraction of sp³-hybridized carbons (Fsp3) is 0.500. The summed E-state index contributed by atoms with van der Waals surface area (Å²) in [7, 11) is 0. The average molecular weight is 330 g/mol. The fourth-order valence-corrected chi connectivity index (χ4v) is 3.62. The van der Waals surface area contributed by atoms with Crippen molar-refractivity contribution < 1.29 is 19.5 Å². The lowest BCUT2D eigenvalue weighted by atomic mass is 9.88. The number of nitrogens with one attached hydrogen (secondary N) is 2. The number of benzene rings is 1. The Morgan fingerprint density at radius 2 is 1.92 bits per heavy atom. The summed E-state index contributed by atoms with van der Waals surface area (Å²) in [5.74, 6) is -2.17. The minimum atomic E-state index is -1.10. The van der Waals surface area contributed by atoms with Gasteiger partial charge in [-0.05, 0) is 30.9 Å². The van der Waals surface area contributed by atoms with Crippen LogP contribution in [-0.4, -0.2) is 28.9 Å². The number of anilines is 1.